The number of rotatable bonds is 4. The van der Waals surface area contributed by atoms with Crippen LogP contribution in [0.5, 0.6) is 0 Å². The lowest BCUT2D eigenvalue weighted by atomic mass is 10.1. The number of H-pyrrole nitrogens is 1. The smallest absolute Gasteiger partial charge is 0.387 e. The predicted octanol–water partition coefficient (Wildman–Crippen LogP) is -2.60. The van der Waals surface area contributed by atoms with Crippen molar-refractivity contribution in [1.82, 2.24) is 9.55 Å². The van der Waals surface area contributed by atoms with Gasteiger partial charge in [0.05, 0.1) is 12.8 Å². The van der Waals surface area contributed by atoms with Crippen LogP contribution in [0, 0.1) is 5.82 Å². The molecule has 13 heteroatoms. The van der Waals surface area contributed by atoms with Gasteiger partial charge in [-0.3, -0.25) is 18.9 Å². The highest BCUT2D eigenvalue weighted by Gasteiger charge is 2.45. The highest BCUT2D eigenvalue weighted by atomic mass is 31.2. The van der Waals surface area contributed by atoms with Gasteiger partial charge in [-0.15, -0.1) is 0 Å². The van der Waals surface area contributed by atoms with Crippen LogP contribution in [0.2, 0.25) is 0 Å². The van der Waals surface area contributed by atoms with Crippen molar-refractivity contribution in [2.45, 2.75) is 24.5 Å². The van der Waals surface area contributed by atoms with Crippen molar-refractivity contribution >= 4 is 7.82 Å². The van der Waals surface area contributed by atoms with Gasteiger partial charge < -0.3 is 24.7 Å². The molecule has 1 aromatic rings. The molecular weight excluding hydrogens is 330 g/mol. The zero-order chi connectivity index (χ0) is 16.7. The molecule has 0 spiro atoms. The minimum absolute atomic E-state index is 0.480. The monoisotopic (exact) mass is 342 g/mol. The van der Waals surface area contributed by atoms with Crippen LogP contribution >= 0.6 is 7.82 Å². The molecule has 0 radical (unpaired) electrons. The molecule has 0 aromatic carbocycles. The minimum Gasteiger partial charge on any atom is -0.387 e. The third-order valence-electron chi connectivity index (χ3n) is 2.94. The number of nitrogens with one attached hydrogen (secondary N) is 1. The second kappa shape index (κ2) is 6.01. The third kappa shape index (κ3) is 3.50. The van der Waals surface area contributed by atoms with Crippen LogP contribution in [-0.4, -0.2) is 54.5 Å². The zero-order valence-corrected chi connectivity index (χ0v) is 11.6. The fraction of sp³-hybridized carbons (Fsp3) is 0.556. The van der Waals surface area contributed by atoms with Crippen LogP contribution in [-0.2, 0) is 13.8 Å². The van der Waals surface area contributed by atoms with Crippen molar-refractivity contribution in [2.75, 3.05) is 6.61 Å². The van der Waals surface area contributed by atoms with Gasteiger partial charge >= 0.3 is 13.5 Å². The number of hydrogen-bond acceptors (Lipinski definition) is 7. The first kappa shape index (κ1) is 17.0. The van der Waals surface area contributed by atoms with E-state index in [2.05, 4.69) is 4.52 Å². The Morgan fingerprint density at radius 2 is 2.00 bits per heavy atom. The first-order valence-electron chi connectivity index (χ1n) is 5.83. The number of aromatic amines is 1. The molecule has 0 bridgehead atoms. The Labute approximate surface area is 120 Å². The fourth-order valence-electron chi connectivity index (χ4n) is 1.92. The maximum Gasteiger partial charge on any atom is 0.469 e. The zero-order valence-electron chi connectivity index (χ0n) is 10.7. The molecule has 0 aliphatic carbocycles. The molecule has 5 N–H and O–H groups in total. The highest BCUT2D eigenvalue weighted by Crippen LogP contribution is 2.38. The van der Waals surface area contributed by atoms with E-state index >= 15 is 0 Å². The predicted molar refractivity (Wildman–Crippen MR) is 65.2 cm³/mol. The van der Waals surface area contributed by atoms with E-state index in [1.54, 1.807) is 4.98 Å². The molecular formula is C9H12FN2O9P. The second-order valence-corrected chi connectivity index (χ2v) is 5.72. The van der Waals surface area contributed by atoms with E-state index in [4.69, 9.17) is 14.5 Å². The largest absolute Gasteiger partial charge is 0.469 e. The molecule has 124 valence electrons. The SMILES string of the molecule is O=c1[nH]c(=O)n([C@@H]2O[C@H](COP(=O)(O)O)C(O)[C@@H]2O)cc1F. The van der Waals surface area contributed by atoms with Gasteiger partial charge in [-0.25, -0.2) is 9.36 Å². The summed E-state index contributed by atoms with van der Waals surface area (Å²) in [4.78, 5) is 41.3. The molecule has 22 heavy (non-hydrogen) atoms. The Hall–Kier alpha value is -1.40. The lowest BCUT2D eigenvalue weighted by molar-refractivity contribution is -0.0547. The number of halogens is 1. The number of phosphoric acid groups is 1. The quantitative estimate of drug-likeness (QED) is 0.368. The molecule has 1 fully saturated rings. The van der Waals surface area contributed by atoms with Crippen LogP contribution in [0.1, 0.15) is 6.23 Å². The van der Waals surface area contributed by atoms with Crippen LogP contribution in [0.3, 0.4) is 0 Å². The number of hydrogen-bond donors (Lipinski definition) is 5. The van der Waals surface area contributed by atoms with Crippen molar-refractivity contribution < 1.29 is 38.2 Å². The van der Waals surface area contributed by atoms with E-state index in [9.17, 15) is 28.8 Å². The van der Waals surface area contributed by atoms with E-state index in [0.717, 1.165) is 0 Å². The standard InChI is InChI=1S/C9H12FN2O9P/c10-3-1-12(9(16)11-7(3)15)8-6(14)5(13)4(21-8)2-20-22(17,18)19/h1,4-6,8,13-14H,2H2,(H,11,15,16)(H2,17,18,19)/t4-,5?,6+,8-/m1/s1. The maximum atomic E-state index is 13.2. The Bertz CT molecular complexity index is 712. The molecule has 11 nitrogen and oxygen atoms in total. The van der Waals surface area contributed by atoms with Gasteiger partial charge in [-0.1, -0.05) is 0 Å². The Morgan fingerprint density at radius 3 is 2.59 bits per heavy atom. The molecule has 4 atom stereocenters. The summed E-state index contributed by atoms with van der Waals surface area (Å²) in [6.45, 7) is -0.778. The average Bonchev–Trinajstić information content (AvgIpc) is 2.68. The summed E-state index contributed by atoms with van der Waals surface area (Å²) in [7, 11) is -4.83. The molecule has 1 saturated heterocycles. The molecule has 1 unspecified atom stereocenters. The number of nitrogens with zero attached hydrogens (tertiary/aromatic N) is 1. The van der Waals surface area contributed by atoms with E-state index in [0.29, 0.717) is 10.8 Å². The minimum atomic E-state index is -4.83. The molecule has 1 aliphatic heterocycles. The maximum absolute atomic E-state index is 13.2. The summed E-state index contributed by atoms with van der Waals surface area (Å²) in [5.74, 6) is -1.32. The van der Waals surface area contributed by atoms with Gasteiger partial charge in [0.15, 0.2) is 6.23 Å². The van der Waals surface area contributed by atoms with Gasteiger partial charge in [0.25, 0.3) is 5.56 Å². The summed E-state index contributed by atoms with van der Waals surface area (Å²) in [5.41, 5.74) is -2.37. The van der Waals surface area contributed by atoms with Gasteiger partial charge in [0.1, 0.15) is 18.3 Å². The molecule has 1 aromatic heterocycles. The van der Waals surface area contributed by atoms with Crippen LogP contribution < -0.4 is 11.2 Å². The van der Waals surface area contributed by atoms with Gasteiger partial charge in [-0.05, 0) is 0 Å². The van der Waals surface area contributed by atoms with Crippen molar-refractivity contribution in [2.24, 2.45) is 0 Å². The Kier molecular flexibility index (Phi) is 4.63. The first-order chi connectivity index (χ1) is 10.1. The Balaban J connectivity index is 2.23. The van der Waals surface area contributed by atoms with Gasteiger partial charge in [0, 0.05) is 0 Å². The number of phosphoric ester groups is 1. The molecule has 1 aliphatic rings. The number of aliphatic hydroxyl groups excluding tert-OH is 2. The van der Waals surface area contributed by atoms with E-state index in [-0.39, 0.29) is 0 Å². The fourth-order valence-corrected chi connectivity index (χ4v) is 2.26. The van der Waals surface area contributed by atoms with Crippen LogP contribution in [0.25, 0.3) is 0 Å². The average molecular weight is 342 g/mol. The van der Waals surface area contributed by atoms with Crippen molar-refractivity contribution in [3.05, 3.63) is 32.9 Å². The molecule has 0 amide bonds. The third-order valence-corrected chi connectivity index (χ3v) is 3.43. The summed E-state index contributed by atoms with van der Waals surface area (Å²) >= 11 is 0. The van der Waals surface area contributed by atoms with Crippen LogP contribution in [0.4, 0.5) is 4.39 Å². The number of aromatic nitrogens is 2. The summed E-state index contributed by atoms with van der Waals surface area (Å²) < 4.78 is 33.5. The Morgan fingerprint density at radius 1 is 1.36 bits per heavy atom. The topological polar surface area (TPSA) is 171 Å². The molecule has 2 heterocycles. The lowest BCUT2D eigenvalue weighted by Gasteiger charge is -2.16. The number of ether oxygens (including phenoxy) is 1. The molecule has 0 saturated carbocycles. The summed E-state index contributed by atoms with van der Waals surface area (Å²) in [6, 6.07) is 0. The lowest BCUT2D eigenvalue weighted by Crippen LogP contribution is -2.38. The molecule has 2 rings (SSSR count). The van der Waals surface area contributed by atoms with Crippen molar-refractivity contribution in [1.29, 1.82) is 0 Å². The van der Waals surface area contributed by atoms with Crippen LogP contribution in [0.15, 0.2) is 15.8 Å². The summed E-state index contributed by atoms with van der Waals surface area (Å²) in [5, 5.41) is 19.5. The number of aliphatic hydroxyl groups is 2. The second-order valence-electron chi connectivity index (χ2n) is 4.48. The van der Waals surface area contributed by atoms with Gasteiger partial charge in [0.2, 0.25) is 5.82 Å². The summed E-state index contributed by atoms with van der Waals surface area (Å²) in [6.07, 6.45) is -5.84. The highest BCUT2D eigenvalue weighted by molar-refractivity contribution is 7.46. The van der Waals surface area contributed by atoms with Gasteiger partial charge in [-0.2, -0.15) is 4.39 Å². The van der Waals surface area contributed by atoms with Crippen molar-refractivity contribution in [3.8, 4) is 0 Å². The van der Waals surface area contributed by atoms with E-state index in [1.165, 1.54) is 0 Å². The normalized spacial score (nSPS) is 29.0. The van der Waals surface area contributed by atoms with E-state index < -0.39 is 56.0 Å². The first-order valence-corrected chi connectivity index (χ1v) is 7.36. The van der Waals surface area contributed by atoms with Crippen molar-refractivity contribution in [3.63, 3.8) is 0 Å². The van der Waals surface area contributed by atoms with E-state index in [1.807, 2.05) is 0 Å².